The maximum Gasteiger partial charge on any atom is 0.269 e. The molecule has 44 heavy (non-hydrogen) atoms. The standard InChI is InChI=1S/C28H28N10O4S2/c39-23(15-12-21-18-37(36-31-21)17-20-10-13-22(14-11-20)38(41)42)29-27-34-32-25(43-27)8-4-5-9-26-33-35-28(44-26)30-24(40)16-19-6-2-1-3-7-19/h1-3,6-7,10-11,13-14,18H,4-5,8-9,12,15-17H2,(H,29,34,39)(H,30,35,40). The summed E-state index contributed by atoms with van der Waals surface area (Å²) in [4.78, 5) is 35.0. The lowest BCUT2D eigenvalue weighted by Gasteiger charge is -2.01. The number of benzene rings is 2. The number of hydrogen-bond acceptors (Lipinski definition) is 12. The highest BCUT2D eigenvalue weighted by molar-refractivity contribution is 7.15. The third-order valence-corrected chi connectivity index (χ3v) is 8.15. The van der Waals surface area contributed by atoms with Gasteiger partial charge in [-0.25, -0.2) is 4.68 Å². The maximum absolute atomic E-state index is 12.4. The fourth-order valence-electron chi connectivity index (χ4n) is 4.17. The van der Waals surface area contributed by atoms with Crippen molar-refractivity contribution < 1.29 is 14.5 Å². The number of nitrogens with one attached hydrogen (secondary N) is 2. The van der Waals surface area contributed by atoms with E-state index in [0.717, 1.165) is 46.8 Å². The molecule has 3 heterocycles. The van der Waals surface area contributed by atoms with Crippen molar-refractivity contribution in [1.82, 2.24) is 35.4 Å². The van der Waals surface area contributed by atoms with Crippen molar-refractivity contribution in [3.05, 3.63) is 97.7 Å². The summed E-state index contributed by atoms with van der Waals surface area (Å²) in [5.74, 6) is -0.316. The summed E-state index contributed by atoms with van der Waals surface area (Å²) in [6, 6.07) is 15.8. The topological polar surface area (TPSA) is 184 Å². The second-order valence-corrected chi connectivity index (χ2v) is 11.9. The van der Waals surface area contributed by atoms with Gasteiger partial charge in [0, 0.05) is 44.0 Å². The molecule has 0 atom stereocenters. The van der Waals surface area contributed by atoms with Crippen LogP contribution in [-0.2, 0) is 41.8 Å². The summed E-state index contributed by atoms with van der Waals surface area (Å²) in [6.45, 7) is 0.417. The average molecular weight is 633 g/mol. The van der Waals surface area contributed by atoms with Gasteiger partial charge in [0.05, 0.1) is 23.6 Å². The average Bonchev–Trinajstić information content (AvgIpc) is 3.77. The Labute approximate surface area is 259 Å². The van der Waals surface area contributed by atoms with Gasteiger partial charge in [0.1, 0.15) is 10.0 Å². The van der Waals surface area contributed by atoms with Crippen molar-refractivity contribution in [1.29, 1.82) is 0 Å². The van der Waals surface area contributed by atoms with E-state index in [-0.39, 0.29) is 30.3 Å². The van der Waals surface area contributed by atoms with E-state index in [0.29, 0.717) is 28.9 Å². The molecule has 5 aromatic rings. The van der Waals surface area contributed by atoms with Crippen LogP contribution in [0.5, 0.6) is 0 Å². The molecule has 3 aromatic heterocycles. The molecule has 0 aliphatic rings. The molecule has 0 aliphatic heterocycles. The highest BCUT2D eigenvalue weighted by atomic mass is 32.1. The summed E-state index contributed by atoms with van der Waals surface area (Å²) in [5, 5.41) is 43.7. The normalized spacial score (nSPS) is 10.9. The molecule has 226 valence electrons. The quantitative estimate of drug-likeness (QED) is 0.0960. The molecule has 5 rings (SSSR count). The first-order valence-corrected chi connectivity index (χ1v) is 15.4. The molecule has 0 bridgehead atoms. The summed E-state index contributed by atoms with van der Waals surface area (Å²) >= 11 is 2.73. The Morgan fingerprint density at radius 3 is 2.05 bits per heavy atom. The lowest BCUT2D eigenvalue weighted by Crippen LogP contribution is -2.14. The predicted octanol–water partition coefficient (Wildman–Crippen LogP) is 4.26. The van der Waals surface area contributed by atoms with Crippen LogP contribution in [0.3, 0.4) is 0 Å². The first-order valence-electron chi connectivity index (χ1n) is 13.8. The molecular formula is C28H28N10O4S2. The van der Waals surface area contributed by atoms with Crippen LogP contribution in [0.2, 0.25) is 0 Å². The predicted molar refractivity (Wildman–Crippen MR) is 164 cm³/mol. The molecule has 14 nitrogen and oxygen atoms in total. The Balaban J connectivity index is 0.974. The first kappa shape index (κ1) is 30.5. The van der Waals surface area contributed by atoms with Gasteiger partial charge in [-0.3, -0.25) is 19.7 Å². The Bertz CT molecular complexity index is 1700. The molecular weight excluding hydrogens is 605 g/mol. The molecule has 0 spiro atoms. The minimum Gasteiger partial charge on any atom is -0.301 e. The van der Waals surface area contributed by atoms with Gasteiger partial charge in [0.2, 0.25) is 22.1 Å². The number of nitro benzene ring substituents is 1. The number of unbranched alkanes of at least 4 members (excludes halogenated alkanes) is 1. The summed E-state index contributed by atoms with van der Waals surface area (Å²) < 4.78 is 1.63. The lowest BCUT2D eigenvalue weighted by atomic mass is 10.1. The number of carbonyl (C=O) groups excluding carboxylic acids is 2. The number of aryl methyl sites for hydroxylation is 3. The summed E-state index contributed by atoms with van der Waals surface area (Å²) in [5.41, 5.74) is 2.49. The number of anilines is 2. The van der Waals surface area contributed by atoms with Gasteiger partial charge in [-0.2, -0.15) is 0 Å². The van der Waals surface area contributed by atoms with E-state index in [1.54, 1.807) is 23.0 Å². The minimum absolute atomic E-state index is 0.0313. The van der Waals surface area contributed by atoms with E-state index < -0.39 is 4.92 Å². The zero-order chi connectivity index (χ0) is 30.7. The Kier molecular flexibility index (Phi) is 10.4. The highest BCUT2D eigenvalue weighted by Crippen LogP contribution is 2.21. The van der Waals surface area contributed by atoms with E-state index >= 15 is 0 Å². The van der Waals surface area contributed by atoms with E-state index in [9.17, 15) is 19.7 Å². The van der Waals surface area contributed by atoms with Crippen LogP contribution in [0.25, 0.3) is 0 Å². The van der Waals surface area contributed by atoms with Crippen LogP contribution in [0.15, 0.2) is 60.8 Å². The molecule has 16 heteroatoms. The van der Waals surface area contributed by atoms with Crippen molar-refractivity contribution in [3.8, 4) is 0 Å². The lowest BCUT2D eigenvalue weighted by molar-refractivity contribution is -0.384. The molecule has 0 fully saturated rings. The highest BCUT2D eigenvalue weighted by Gasteiger charge is 2.12. The van der Waals surface area contributed by atoms with Crippen molar-refractivity contribution in [3.63, 3.8) is 0 Å². The van der Waals surface area contributed by atoms with Crippen LogP contribution in [-0.4, -0.2) is 52.1 Å². The zero-order valence-electron chi connectivity index (χ0n) is 23.5. The number of nitrogens with zero attached hydrogens (tertiary/aromatic N) is 8. The van der Waals surface area contributed by atoms with Gasteiger partial charge in [-0.1, -0.05) is 70.4 Å². The third-order valence-electron chi connectivity index (χ3n) is 6.35. The van der Waals surface area contributed by atoms with E-state index in [2.05, 4.69) is 41.3 Å². The van der Waals surface area contributed by atoms with Crippen molar-refractivity contribution in [2.45, 2.75) is 51.5 Å². The molecule has 0 saturated carbocycles. The van der Waals surface area contributed by atoms with E-state index in [1.807, 2.05) is 30.3 Å². The number of rotatable bonds is 15. The van der Waals surface area contributed by atoms with E-state index in [1.165, 1.54) is 34.8 Å². The van der Waals surface area contributed by atoms with E-state index in [4.69, 9.17) is 0 Å². The monoisotopic (exact) mass is 632 g/mol. The Hall–Kier alpha value is -4.96. The van der Waals surface area contributed by atoms with Crippen molar-refractivity contribution in [2.24, 2.45) is 0 Å². The van der Waals surface area contributed by atoms with Gasteiger partial charge in [0.15, 0.2) is 0 Å². The van der Waals surface area contributed by atoms with Crippen LogP contribution >= 0.6 is 22.7 Å². The van der Waals surface area contributed by atoms with Gasteiger partial charge >= 0.3 is 0 Å². The molecule has 2 aromatic carbocycles. The number of aromatic nitrogens is 7. The first-order chi connectivity index (χ1) is 21.4. The minimum atomic E-state index is -0.442. The molecule has 0 unspecified atom stereocenters. The number of carbonyl (C=O) groups is 2. The SMILES string of the molecule is O=C(CCc1cn(Cc2ccc([N+](=O)[O-])cc2)nn1)Nc1nnc(CCCCc2nnc(NC(=O)Cc3ccccc3)s2)s1. The number of hydrogen-bond donors (Lipinski definition) is 2. The fraction of sp³-hybridized carbons (Fsp3) is 0.286. The molecule has 2 N–H and O–H groups in total. The third kappa shape index (κ3) is 9.27. The second-order valence-electron chi connectivity index (χ2n) is 9.80. The zero-order valence-corrected chi connectivity index (χ0v) is 25.1. The molecule has 0 saturated heterocycles. The van der Waals surface area contributed by atoms with Crippen molar-refractivity contribution in [2.75, 3.05) is 10.6 Å². The molecule has 0 aliphatic carbocycles. The number of non-ortho nitro benzene ring substituents is 1. The Morgan fingerprint density at radius 2 is 1.41 bits per heavy atom. The fourth-order valence-corrected chi connectivity index (χ4v) is 5.77. The van der Waals surface area contributed by atoms with Crippen LogP contribution in [0.1, 0.15) is 46.1 Å². The van der Waals surface area contributed by atoms with Gasteiger partial charge in [-0.15, -0.1) is 25.5 Å². The second kappa shape index (κ2) is 15.0. The largest absolute Gasteiger partial charge is 0.301 e. The number of nitro groups is 1. The van der Waals surface area contributed by atoms with Crippen LogP contribution < -0.4 is 10.6 Å². The van der Waals surface area contributed by atoms with Gasteiger partial charge in [-0.05, 0) is 24.0 Å². The summed E-state index contributed by atoms with van der Waals surface area (Å²) in [6.07, 6.45) is 5.87. The van der Waals surface area contributed by atoms with Crippen LogP contribution in [0.4, 0.5) is 16.0 Å². The van der Waals surface area contributed by atoms with Gasteiger partial charge < -0.3 is 10.6 Å². The smallest absolute Gasteiger partial charge is 0.269 e. The molecule has 0 radical (unpaired) electrons. The summed E-state index contributed by atoms with van der Waals surface area (Å²) in [7, 11) is 0. The number of amides is 2. The van der Waals surface area contributed by atoms with Gasteiger partial charge in [0.25, 0.3) is 5.69 Å². The Morgan fingerprint density at radius 1 is 0.773 bits per heavy atom. The molecule has 2 amide bonds. The maximum atomic E-state index is 12.4. The van der Waals surface area contributed by atoms with Crippen LogP contribution in [0, 0.1) is 10.1 Å². The van der Waals surface area contributed by atoms with Crippen molar-refractivity contribution >= 4 is 50.4 Å².